The fraction of sp³-hybridized carbons (Fsp3) is 0.667. The molecule has 0 spiro atoms. The summed E-state index contributed by atoms with van der Waals surface area (Å²) in [5, 5.41) is 3.35. The summed E-state index contributed by atoms with van der Waals surface area (Å²) in [5.74, 6) is 0.0530. The number of halogens is 1. The predicted molar refractivity (Wildman–Crippen MR) is 50.0 cm³/mol. The van der Waals surface area contributed by atoms with Gasteiger partial charge in [0.15, 0.2) is 5.78 Å². The van der Waals surface area contributed by atoms with E-state index >= 15 is 0 Å². The molecule has 1 N–H and O–H groups in total. The van der Waals surface area contributed by atoms with E-state index in [1.807, 2.05) is 0 Å². The molecule has 0 saturated carbocycles. The van der Waals surface area contributed by atoms with E-state index in [1.165, 1.54) is 0 Å². The van der Waals surface area contributed by atoms with Crippen LogP contribution in [0.2, 0.25) is 0 Å². The van der Waals surface area contributed by atoms with Gasteiger partial charge in [0.1, 0.15) is 5.03 Å². The zero-order valence-electron chi connectivity index (χ0n) is 7.70. The molecule has 1 aliphatic rings. The minimum atomic E-state index is 0.0494. The second kappa shape index (κ2) is 3.09. The van der Waals surface area contributed by atoms with Crippen molar-refractivity contribution in [1.29, 1.82) is 0 Å². The molecule has 0 bridgehead atoms. The molecule has 1 rings (SSSR count). The van der Waals surface area contributed by atoms with Crippen molar-refractivity contribution < 1.29 is 4.79 Å². The van der Waals surface area contributed by atoms with Gasteiger partial charge in [0.2, 0.25) is 0 Å². The third-order valence-corrected chi connectivity index (χ3v) is 2.54. The average molecular weight is 188 g/mol. The Morgan fingerprint density at radius 1 is 1.42 bits per heavy atom. The van der Waals surface area contributed by atoms with Crippen molar-refractivity contribution in [2.75, 3.05) is 7.05 Å². The van der Waals surface area contributed by atoms with Gasteiger partial charge in [-0.25, -0.2) is 0 Å². The summed E-state index contributed by atoms with van der Waals surface area (Å²) in [7, 11) is 1.80. The fourth-order valence-corrected chi connectivity index (χ4v) is 1.73. The van der Waals surface area contributed by atoms with Gasteiger partial charge in [0, 0.05) is 19.2 Å². The standard InChI is InChI=1S/C9H14ClNO/c1-9(2)4-6(11-3)8(10)7(12)5-9/h11H,4-5H2,1-3H3. The molecule has 0 saturated heterocycles. The third-order valence-electron chi connectivity index (χ3n) is 2.11. The van der Waals surface area contributed by atoms with Crippen LogP contribution in [0.5, 0.6) is 0 Å². The Labute approximate surface area is 78.0 Å². The van der Waals surface area contributed by atoms with E-state index in [0.29, 0.717) is 11.5 Å². The van der Waals surface area contributed by atoms with Crippen LogP contribution in [0, 0.1) is 5.41 Å². The van der Waals surface area contributed by atoms with Gasteiger partial charge in [0.25, 0.3) is 0 Å². The Kier molecular flexibility index (Phi) is 2.47. The van der Waals surface area contributed by atoms with Crippen molar-refractivity contribution in [3.05, 3.63) is 10.7 Å². The lowest BCUT2D eigenvalue weighted by Gasteiger charge is -2.30. The minimum absolute atomic E-state index is 0.0494. The Morgan fingerprint density at radius 2 is 2.00 bits per heavy atom. The molecule has 0 heterocycles. The van der Waals surface area contributed by atoms with Gasteiger partial charge in [-0.2, -0.15) is 0 Å². The van der Waals surface area contributed by atoms with E-state index in [9.17, 15) is 4.79 Å². The number of Topliss-reactive ketones (excluding diaryl/α,β-unsaturated/α-hetero) is 1. The van der Waals surface area contributed by atoms with Crippen molar-refractivity contribution in [3.8, 4) is 0 Å². The molecule has 0 aromatic rings. The topological polar surface area (TPSA) is 29.1 Å². The van der Waals surface area contributed by atoms with E-state index in [2.05, 4.69) is 19.2 Å². The van der Waals surface area contributed by atoms with Crippen LogP contribution in [0.15, 0.2) is 10.7 Å². The first kappa shape index (κ1) is 9.59. The highest BCUT2D eigenvalue weighted by Gasteiger charge is 2.31. The summed E-state index contributed by atoms with van der Waals surface area (Å²) in [6.07, 6.45) is 1.41. The summed E-state index contributed by atoms with van der Waals surface area (Å²) in [4.78, 5) is 11.3. The molecule has 0 radical (unpaired) electrons. The van der Waals surface area contributed by atoms with Crippen LogP contribution in [0.25, 0.3) is 0 Å². The smallest absolute Gasteiger partial charge is 0.176 e. The first-order valence-electron chi connectivity index (χ1n) is 4.06. The lowest BCUT2D eigenvalue weighted by atomic mass is 9.79. The van der Waals surface area contributed by atoms with Crippen LogP contribution in [0.1, 0.15) is 26.7 Å². The molecule has 68 valence electrons. The molecular weight excluding hydrogens is 174 g/mol. The van der Waals surface area contributed by atoms with Crippen LogP contribution < -0.4 is 5.32 Å². The van der Waals surface area contributed by atoms with Crippen molar-refractivity contribution in [3.63, 3.8) is 0 Å². The molecule has 2 nitrogen and oxygen atoms in total. The summed E-state index contributed by atoms with van der Waals surface area (Å²) in [6, 6.07) is 0. The maximum Gasteiger partial charge on any atom is 0.176 e. The van der Waals surface area contributed by atoms with Crippen LogP contribution in [-0.2, 0) is 4.79 Å². The summed E-state index contributed by atoms with van der Waals surface area (Å²) in [5.41, 5.74) is 0.922. The normalized spacial score (nSPS) is 22.8. The maximum atomic E-state index is 11.3. The molecular formula is C9H14ClNO. The minimum Gasteiger partial charge on any atom is -0.390 e. The SMILES string of the molecule is CNC1=C(Cl)C(=O)CC(C)(C)C1. The number of ketones is 1. The van der Waals surface area contributed by atoms with Crippen LogP contribution in [-0.4, -0.2) is 12.8 Å². The second-order valence-electron chi connectivity index (χ2n) is 3.98. The molecule has 3 heteroatoms. The molecule has 0 amide bonds. The maximum absolute atomic E-state index is 11.3. The highest BCUT2D eigenvalue weighted by Crippen LogP contribution is 2.36. The average Bonchev–Trinajstić information content (AvgIpc) is 1.96. The highest BCUT2D eigenvalue weighted by atomic mass is 35.5. The molecule has 0 aromatic carbocycles. The highest BCUT2D eigenvalue weighted by molar-refractivity contribution is 6.43. The van der Waals surface area contributed by atoms with Crippen molar-refractivity contribution in [2.24, 2.45) is 5.41 Å². The Hall–Kier alpha value is -0.500. The van der Waals surface area contributed by atoms with Gasteiger partial charge in [-0.1, -0.05) is 25.4 Å². The molecule has 0 aliphatic heterocycles. The van der Waals surface area contributed by atoms with Gasteiger partial charge in [0.05, 0.1) is 0 Å². The van der Waals surface area contributed by atoms with Gasteiger partial charge in [-0.3, -0.25) is 4.79 Å². The number of allylic oxidation sites excluding steroid dienone is 2. The van der Waals surface area contributed by atoms with Crippen LogP contribution in [0.4, 0.5) is 0 Å². The van der Waals surface area contributed by atoms with Gasteiger partial charge in [-0.15, -0.1) is 0 Å². The number of nitrogens with one attached hydrogen (secondary N) is 1. The first-order valence-corrected chi connectivity index (χ1v) is 4.44. The Balaban J connectivity index is 2.95. The molecule has 12 heavy (non-hydrogen) atoms. The molecule has 1 aliphatic carbocycles. The quantitative estimate of drug-likeness (QED) is 0.681. The van der Waals surface area contributed by atoms with E-state index in [0.717, 1.165) is 12.1 Å². The molecule has 0 fully saturated rings. The number of rotatable bonds is 1. The van der Waals surface area contributed by atoms with Gasteiger partial charge in [-0.05, 0) is 11.8 Å². The summed E-state index contributed by atoms with van der Waals surface area (Å²) in [6.45, 7) is 4.15. The second-order valence-corrected chi connectivity index (χ2v) is 4.36. The summed E-state index contributed by atoms with van der Waals surface area (Å²) >= 11 is 5.83. The Bertz CT molecular complexity index is 243. The van der Waals surface area contributed by atoms with E-state index in [-0.39, 0.29) is 11.2 Å². The van der Waals surface area contributed by atoms with Gasteiger partial charge >= 0.3 is 0 Å². The monoisotopic (exact) mass is 187 g/mol. The van der Waals surface area contributed by atoms with E-state index in [1.54, 1.807) is 7.05 Å². The predicted octanol–water partition coefficient (Wildman–Crippen LogP) is 2.05. The van der Waals surface area contributed by atoms with Crippen molar-refractivity contribution >= 4 is 17.4 Å². The molecule has 0 aromatic heterocycles. The fourth-order valence-electron chi connectivity index (χ4n) is 1.50. The number of hydrogen-bond acceptors (Lipinski definition) is 2. The number of carbonyl (C=O) groups excluding carboxylic acids is 1. The zero-order chi connectivity index (χ0) is 9.35. The lowest BCUT2D eigenvalue weighted by molar-refractivity contribution is -0.117. The van der Waals surface area contributed by atoms with Crippen LogP contribution >= 0.6 is 11.6 Å². The summed E-state index contributed by atoms with van der Waals surface area (Å²) < 4.78 is 0. The number of hydrogen-bond donors (Lipinski definition) is 1. The first-order chi connectivity index (χ1) is 5.46. The molecule has 0 atom stereocenters. The number of carbonyl (C=O) groups is 1. The molecule has 0 unspecified atom stereocenters. The zero-order valence-corrected chi connectivity index (χ0v) is 8.46. The van der Waals surface area contributed by atoms with Gasteiger partial charge < -0.3 is 5.32 Å². The largest absolute Gasteiger partial charge is 0.390 e. The van der Waals surface area contributed by atoms with E-state index in [4.69, 9.17) is 11.6 Å². The Morgan fingerprint density at radius 3 is 2.50 bits per heavy atom. The third kappa shape index (κ3) is 1.81. The van der Waals surface area contributed by atoms with Crippen molar-refractivity contribution in [1.82, 2.24) is 5.32 Å². The lowest BCUT2D eigenvalue weighted by Crippen LogP contribution is -2.28. The van der Waals surface area contributed by atoms with Crippen molar-refractivity contribution in [2.45, 2.75) is 26.7 Å². The van der Waals surface area contributed by atoms with Crippen LogP contribution in [0.3, 0.4) is 0 Å². The van der Waals surface area contributed by atoms with E-state index < -0.39 is 0 Å².